The average Bonchev–Trinajstić information content (AvgIpc) is 2.82. The maximum absolute atomic E-state index is 6.32. The second-order valence-corrected chi connectivity index (χ2v) is 5.07. The minimum atomic E-state index is -0.0557. The van der Waals surface area contributed by atoms with Gasteiger partial charge in [0, 0.05) is 12.1 Å². The molecule has 0 amide bonds. The van der Waals surface area contributed by atoms with Crippen molar-refractivity contribution in [2.24, 2.45) is 0 Å². The number of ether oxygens (including phenoxy) is 1. The molecule has 1 atom stereocenters. The topological polar surface area (TPSA) is 39.1 Å². The lowest BCUT2D eigenvalue weighted by atomic mass is 10.0. The molecule has 2 rings (SSSR count). The quantitative estimate of drug-likeness (QED) is 0.920. The van der Waals surface area contributed by atoms with Gasteiger partial charge in [-0.3, -0.25) is 4.68 Å². The summed E-state index contributed by atoms with van der Waals surface area (Å²) in [5, 5.41) is 8.29. The Morgan fingerprint density at radius 2 is 2.20 bits per heavy atom. The van der Waals surface area contributed by atoms with Gasteiger partial charge in [0.25, 0.3) is 0 Å². The Labute approximate surface area is 124 Å². The molecule has 0 aliphatic carbocycles. The molecule has 0 radical (unpaired) electrons. The van der Waals surface area contributed by atoms with E-state index in [0.29, 0.717) is 5.02 Å². The Hall–Kier alpha value is -1.52. The zero-order valence-corrected chi connectivity index (χ0v) is 13.0. The van der Waals surface area contributed by atoms with E-state index in [-0.39, 0.29) is 6.04 Å². The van der Waals surface area contributed by atoms with Gasteiger partial charge < -0.3 is 10.1 Å². The zero-order valence-electron chi connectivity index (χ0n) is 12.3. The Kier molecular flexibility index (Phi) is 4.68. The van der Waals surface area contributed by atoms with Crippen molar-refractivity contribution in [2.75, 3.05) is 14.2 Å². The minimum Gasteiger partial charge on any atom is -0.496 e. The van der Waals surface area contributed by atoms with E-state index in [1.54, 1.807) is 13.3 Å². The van der Waals surface area contributed by atoms with Crippen molar-refractivity contribution in [1.82, 2.24) is 15.1 Å². The highest BCUT2D eigenvalue weighted by molar-refractivity contribution is 6.31. The summed E-state index contributed by atoms with van der Waals surface area (Å²) in [6, 6.07) is 6.08. The van der Waals surface area contributed by atoms with E-state index in [2.05, 4.69) is 23.4 Å². The summed E-state index contributed by atoms with van der Waals surface area (Å²) in [5.41, 5.74) is 3.20. The molecule has 5 heteroatoms. The molecule has 0 aliphatic rings. The number of methoxy groups -OCH3 is 1. The van der Waals surface area contributed by atoms with Gasteiger partial charge in [0.15, 0.2) is 0 Å². The Morgan fingerprint density at radius 1 is 1.45 bits per heavy atom. The summed E-state index contributed by atoms with van der Waals surface area (Å²) >= 11 is 6.32. The third-order valence-electron chi connectivity index (χ3n) is 3.39. The molecule has 1 heterocycles. The zero-order chi connectivity index (χ0) is 14.7. The van der Waals surface area contributed by atoms with Gasteiger partial charge in [0.1, 0.15) is 5.75 Å². The molecule has 108 valence electrons. The van der Waals surface area contributed by atoms with Gasteiger partial charge in [0.2, 0.25) is 0 Å². The summed E-state index contributed by atoms with van der Waals surface area (Å²) in [4.78, 5) is 0. The predicted octanol–water partition coefficient (Wildman–Crippen LogP) is 3.18. The van der Waals surface area contributed by atoms with Crippen LogP contribution in [-0.2, 0) is 6.54 Å². The lowest BCUT2D eigenvalue weighted by Gasteiger charge is -2.21. The molecule has 1 aromatic heterocycles. The second-order valence-electron chi connectivity index (χ2n) is 4.66. The van der Waals surface area contributed by atoms with Crippen molar-refractivity contribution in [3.05, 3.63) is 46.2 Å². The van der Waals surface area contributed by atoms with E-state index >= 15 is 0 Å². The van der Waals surface area contributed by atoms with Crippen LogP contribution in [0.4, 0.5) is 0 Å². The van der Waals surface area contributed by atoms with E-state index in [0.717, 1.165) is 23.6 Å². The first-order valence-corrected chi connectivity index (χ1v) is 7.03. The smallest absolute Gasteiger partial charge is 0.124 e. The van der Waals surface area contributed by atoms with Crippen LogP contribution in [0.15, 0.2) is 24.4 Å². The molecule has 0 spiro atoms. The maximum atomic E-state index is 6.32. The van der Waals surface area contributed by atoms with Crippen LogP contribution in [0, 0.1) is 6.92 Å². The molecule has 20 heavy (non-hydrogen) atoms. The molecule has 1 N–H and O–H groups in total. The van der Waals surface area contributed by atoms with Crippen LogP contribution in [-0.4, -0.2) is 23.9 Å². The van der Waals surface area contributed by atoms with Crippen molar-refractivity contribution in [3.8, 4) is 5.75 Å². The fourth-order valence-electron chi connectivity index (χ4n) is 2.43. The van der Waals surface area contributed by atoms with Crippen LogP contribution in [0.3, 0.4) is 0 Å². The maximum Gasteiger partial charge on any atom is 0.124 e. The van der Waals surface area contributed by atoms with Crippen LogP contribution < -0.4 is 10.1 Å². The van der Waals surface area contributed by atoms with Gasteiger partial charge in [0.05, 0.1) is 30.1 Å². The largest absolute Gasteiger partial charge is 0.496 e. The average molecular weight is 294 g/mol. The second kappa shape index (κ2) is 6.29. The van der Waals surface area contributed by atoms with Crippen molar-refractivity contribution in [3.63, 3.8) is 0 Å². The minimum absolute atomic E-state index is 0.0557. The van der Waals surface area contributed by atoms with Crippen molar-refractivity contribution < 1.29 is 4.74 Å². The fraction of sp³-hybridized carbons (Fsp3) is 0.400. The van der Waals surface area contributed by atoms with Gasteiger partial charge in [-0.1, -0.05) is 29.3 Å². The highest BCUT2D eigenvalue weighted by atomic mass is 35.5. The lowest BCUT2D eigenvalue weighted by molar-refractivity contribution is 0.403. The van der Waals surface area contributed by atoms with E-state index in [1.165, 1.54) is 5.56 Å². The number of nitrogens with one attached hydrogen (secondary N) is 1. The van der Waals surface area contributed by atoms with Gasteiger partial charge in [-0.15, -0.1) is 0 Å². The first-order chi connectivity index (χ1) is 9.62. The number of hydrogen-bond donors (Lipinski definition) is 1. The third-order valence-corrected chi connectivity index (χ3v) is 3.68. The van der Waals surface area contributed by atoms with Gasteiger partial charge in [-0.25, -0.2) is 0 Å². The van der Waals surface area contributed by atoms with Crippen LogP contribution in [0.1, 0.15) is 29.8 Å². The first kappa shape index (κ1) is 14.9. The number of aryl methyl sites for hydroxylation is 2. The van der Waals surface area contributed by atoms with Gasteiger partial charge in [-0.2, -0.15) is 5.10 Å². The van der Waals surface area contributed by atoms with Gasteiger partial charge >= 0.3 is 0 Å². The molecule has 1 aromatic carbocycles. The number of hydrogen-bond acceptors (Lipinski definition) is 3. The Morgan fingerprint density at radius 3 is 2.80 bits per heavy atom. The van der Waals surface area contributed by atoms with Crippen molar-refractivity contribution >= 4 is 11.6 Å². The van der Waals surface area contributed by atoms with Crippen LogP contribution in [0.5, 0.6) is 5.75 Å². The highest BCUT2D eigenvalue weighted by Gasteiger charge is 2.23. The Balaban J connectivity index is 2.57. The van der Waals surface area contributed by atoms with Crippen molar-refractivity contribution in [1.29, 1.82) is 0 Å². The molecular formula is C15H20ClN3O. The normalized spacial score (nSPS) is 12.4. The number of nitrogens with zero attached hydrogens (tertiary/aromatic N) is 2. The van der Waals surface area contributed by atoms with Crippen LogP contribution in [0.2, 0.25) is 5.02 Å². The molecule has 0 aliphatic heterocycles. The molecule has 0 bridgehead atoms. The summed E-state index contributed by atoms with van der Waals surface area (Å²) in [6.45, 7) is 4.88. The number of benzene rings is 1. The van der Waals surface area contributed by atoms with Crippen LogP contribution >= 0.6 is 11.6 Å². The van der Waals surface area contributed by atoms with Crippen LogP contribution in [0.25, 0.3) is 0 Å². The highest BCUT2D eigenvalue weighted by Crippen LogP contribution is 2.33. The molecule has 4 nitrogen and oxygen atoms in total. The number of rotatable bonds is 5. The monoisotopic (exact) mass is 293 g/mol. The first-order valence-electron chi connectivity index (χ1n) is 6.65. The summed E-state index contributed by atoms with van der Waals surface area (Å²) in [5.74, 6) is 0.842. The molecule has 1 unspecified atom stereocenters. The standard InChI is InChI=1S/C15H20ClN3O/c1-5-19-15(12(16)9-18-19)14(17-3)11-8-10(2)6-7-13(11)20-4/h6-9,14,17H,5H2,1-4H3. The SMILES string of the molecule is CCn1ncc(Cl)c1C(NC)c1cc(C)ccc1OC. The van der Waals surface area contributed by atoms with E-state index in [9.17, 15) is 0 Å². The predicted molar refractivity (Wildman–Crippen MR) is 81.5 cm³/mol. The van der Waals surface area contributed by atoms with E-state index in [4.69, 9.17) is 16.3 Å². The summed E-state index contributed by atoms with van der Waals surface area (Å²) < 4.78 is 7.39. The van der Waals surface area contributed by atoms with Crippen molar-refractivity contribution in [2.45, 2.75) is 26.4 Å². The Bertz CT molecular complexity index is 595. The number of aromatic nitrogens is 2. The van der Waals surface area contributed by atoms with Gasteiger partial charge in [-0.05, 0) is 27.0 Å². The molecule has 2 aromatic rings. The number of halogens is 1. The summed E-state index contributed by atoms with van der Waals surface area (Å²) in [7, 11) is 3.59. The fourth-order valence-corrected chi connectivity index (χ4v) is 2.68. The summed E-state index contributed by atoms with van der Waals surface area (Å²) in [6.07, 6.45) is 1.69. The van der Waals surface area contributed by atoms with E-state index in [1.807, 2.05) is 30.8 Å². The molecule has 0 saturated carbocycles. The van der Waals surface area contributed by atoms with E-state index < -0.39 is 0 Å². The third kappa shape index (κ3) is 2.67. The molecular weight excluding hydrogens is 274 g/mol. The lowest BCUT2D eigenvalue weighted by Crippen LogP contribution is -2.22. The molecule has 0 saturated heterocycles. The molecule has 0 fully saturated rings.